The Balaban J connectivity index is 1.36. The lowest BCUT2D eigenvalue weighted by Crippen LogP contribution is -2.68. The Kier molecular flexibility index (Phi) is 5.09. The summed E-state index contributed by atoms with van der Waals surface area (Å²) in [6, 6.07) is 15.8. The Morgan fingerprint density at radius 3 is 1.63 bits per heavy atom. The molecule has 1 saturated carbocycles. The average Bonchev–Trinajstić information content (AvgIpc) is 3.21. The highest BCUT2D eigenvalue weighted by Gasteiger charge is 2.47. The van der Waals surface area contributed by atoms with Gasteiger partial charge in [0.15, 0.2) is 5.78 Å². The number of fused-ring (bicyclic) bond motifs is 2. The molecule has 0 amide bonds. The first-order chi connectivity index (χ1) is 17.9. The van der Waals surface area contributed by atoms with Crippen LogP contribution < -0.4 is 31.1 Å². The maximum atomic E-state index is 13.2. The normalized spacial score (nSPS) is 26.1. The van der Waals surface area contributed by atoms with Crippen molar-refractivity contribution in [1.82, 2.24) is 0 Å². The maximum Gasteiger partial charge on any atom is 0.201 e. The van der Waals surface area contributed by atoms with Crippen LogP contribution in [0.15, 0.2) is 69.8 Å². The second kappa shape index (κ2) is 7.87. The Morgan fingerprint density at radius 1 is 0.737 bits per heavy atom. The number of Topliss-reactive ketones (excluding diaryl/α,β-unsaturated/α-hetero) is 1. The van der Waals surface area contributed by atoms with E-state index in [2.05, 4.69) is 49.6 Å². The lowest BCUT2D eigenvalue weighted by atomic mass is 9.74. The van der Waals surface area contributed by atoms with Gasteiger partial charge in [0.25, 0.3) is 0 Å². The summed E-state index contributed by atoms with van der Waals surface area (Å²) in [6.07, 6.45) is 2.29. The largest absolute Gasteiger partial charge is 0.383 e. The molecule has 0 saturated heterocycles. The number of nitrogens with zero attached hydrogens (tertiary/aromatic N) is 2. The van der Waals surface area contributed by atoms with E-state index in [1.54, 1.807) is 12.2 Å². The molecule has 3 unspecified atom stereocenters. The molecule has 3 aromatic carbocycles. The molecular formula is C32H32N2O4. The fourth-order valence-electron chi connectivity index (χ4n) is 6.91. The van der Waals surface area contributed by atoms with Crippen LogP contribution in [0.4, 0.5) is 11.4 Å². The van der Waals surface area contributed by atoms with E-state index in [4.69, 9.17) is 0 Å². The monoisotopic (exact) mass is 508 g/mol. The summed E-state index contributed by atoms with van der Waals surface area (Å²) >= 11 is 0. The number of anilines is 2. The van der Waals surface area contributed by atoms with Crippen LogP contribution in [-0.2, 0) is 15.6 Å². The van der Waals surface area contributed by atoms with E-state index in [-0.39, 0.29) is 44.5 Å². The second-order valence-corrected chi connectivity index (χ2v) is 12.0. The second-order valence-electron chi connectivity index (χ2n) is 12.0. The molecule has 0 aromatic heterocycles. The zero-order valence-corrected chi connectivity index (χ0v) is 22.6. The molecule has 0 bridgehead atoms. The summed E-state index contributed by atoms with van der Waals surface area (Å²) in [5, 5.41) is 10.9. The summed E-state index contributed by atoms with van der Waals surface area (Å²) in [6.45, 7) is 8.42. The van der Waals surface area contributed by atoms with Crippen molar-refractivity contribution in [3.05, 3.63) is 102 Å². The number of aliphatic hydroxyl groups excluding tert-OH is 1. The summed E-state index contributed by atoms with van der Waals surface area (Å²) in [4.78, 5) is 43.7. The molecule has 2 heterocycles. The number of carbonyl (C=O) groups is 1. The molecule has 2 aliphatic heterocycles. The summed E-state index contributed by atoms with van der Waals surface area (Å²) in [5.41, 5.74) is 3.16. The van der Waals surface area contributed by atoms with Crippen molar-refractivity contribution >= 4 is 28.8 Å². The van der Waals surface area contributed by atoms with E-state index >= 15 is 0 Å². The molecule has 3 aromatic rings. The molecule has 0 spiro atoms. The van der Waals surface area contributed by atoms with Gasteiger partial charge in [0.1, 0.15) is 6.10 Å². The first kappa shape index (κ1) is 24.6. The minimum absolute atomic E-state index is 0.0679. The number of benzene rings is 2. The van der Waals surface area contributed by atoms with Crippen molar-refractivity contribution in [2.24, 2.45) is 0 Å². The predicted octanol–water partition coefficient (Wildman–Crippen LogP) is 1.68. The fourth-order valence-corrected chi connectivity index (χ4v) is 6.91. The number of likely N-dealkylation sites (N-methyl/N-ethyl adjacent to an activating group) is 2. The molecule has 1 N–H and O–H groups in total. The van der Waals surface area contributed by atoms with Crippen LogP contribution in [0.25, 0.3) is 11.6 Å². The maximum absolute atomic E-state index is 13.2. The van der Waals surface area contributed by atoms with Gasteiger partial charge in [-0.25, -0.2) is 0 Å². The molecule has 6 nitrogen and oxygen atoms in total. The van der Waals surface area contributed by atoms with Gasteiger partial charge in [0, 0.05) is 47.4 Å². The van der Waals surface area contributed by atoms with Crippen molar-refractivity contribution in [3.63, 3.8) is 0 Å². The molecule has 0 radical (unpaired) electrons. The molecule has 3 atom stereocenters. The van der Waals surface area contributed by atoms with Gasteiger partial charge in [-0.05, 0) is 29.3 Å². The third-order valence-electron chi connectivity index (χ3n) is 9.22. The summed E-state index contributed by atoms with van der Waals surface area (Å²) in [5.74, 6) is -0.417. The van der Waals surface area contributed by atoms with Gasteiger partial charge in [-0.1, -0.05) is 70.2 Å². The van der Waals surface area contributed by atoms with E-state index in [0.717, 1.165) is 16.9 Å². The molecule has 1 fully saturated rings. The Morgan fingerprint density at radius 2 is 1.18 bits per heavy atom. The van der Waals surface area contributed by atoms with Gasteiger partial charge >= 0.3 is 0 Å². The van der Waals surface area contributed by atoms with Crippen LogP contribution in [0.3, 0.4) is 0 Å². The van der Waals surface area contributed by atoms with Gasteiger partial charge in [0.2, 0.25) is 10.9 Å². The van der Waals surface area contributed by atoms with Gasteiger partial charge in [0.05, 0.1) is 22.5 Å². The minimum atomic E-state index is -1.24. The Labute approximate surface area is 221 Å². The van der Waals surface area contributed by atoms with Crippen molar-refractivity contribution in [2.75, 3.05) is 23.9 Å². The molecule has 194 valence electrons. The highest BCUT2D eigenvalue weighted by Crippen LogP contribution is 2.46. The number of ketones is 1. The number of para-hydroxylation sites is 2. The van der Waals surface area contributed by atoms with E-state index in [0.29, 0.717) is 0 Å². The van der Waals surface area contributed by atoms with Crippen molar-refractivity contribution in [2.45, 2.75) is 56.7 Å². The van der Waals surface area contributed by atoms with E-state index in [1.165, 1.54) is 5.56 Å². The number of aliphatic hydroxyl groups is 1. The number of rotatable bonds is 2. The summed E-state index contributed by atoms with van der Waals surface area (Å²) < 4.78 is 0. The van der Waals surface area contributed by atoms with Crippen molar-refractivity contribution < 1.29 is 9.90 Å². The molecule has 3 aliphatic rings. The van der Waals surface area contributed by atoms with Gasteiger partial charge in [-0.15, -0.1) is 0 Å². The van der Waals surface area contributed by atoms with Crippen LogP contribution in [0, 0.1) is 0 Å². The molecule has 6 rings (SSSR count). The van der Waals surface area contributed by atoms with Crippen LogP contribution in [0.5, 0.6) is 0 Å². The molecular weight excluding hydrogens is 476 g/mol. The lowest BCUT2D eigenvalue weighted by Gasteiger charge is -2.34. The third kappa shape index (κ3) is 3.01. The van der Waals surface area contributed by atoms with Crippen molar-refractivity contribution in [3.8, 4) is 0 Å². The smallest absolute Gasteiger partial charge is 0.201 e. The Bertz CT molecular complexity index is 1720. The van der Waals surface area contributed by atoms with Crippen LogP contribution >= 0.6 is 0 Å². The number of hydrogen-bond donors (Lipinski definition) is 1. The van der Waals surface area contributed by atoms with Crippen molar-refractivity contribution in [1.29, 1.82) is 0 Å². The number of hydrogen-bond acceptors (Lipinski definition) is 6. The minimum Gasteiger partial charge on any atom is -0.383 e. The third-order valence-corrected chi connectivity index (χ3v) is 9.22. The fraction of sp³-hybridized carbons (Fsp3) is 0.344. The highest BCUT2D eigenvalue weighted by molar-refractivity contribution is 6.35. The molecule has 1 aliphatic carbocycles. The first-order valence-electron chi connectivity index (χ1n) is 13.0. The van der Waals surface area contributed by atoms with Crippen LogP contribution in [0.2, 0.25) is 0 Å². The van der Waals surface area contributed by atoms with E-state index in [1.807, 2.05) is 50.5 Å². The zero-order chi connectivity index (χ0) is 27.3. The zero-order valence-electron chi connectivity index (χ0n) is 22.6. The van der Waals surface area contributed by atoms with Crippen LogP contribution in [0.1, 0.15) is 38.8 Å². The topological polar surface area (TPSA) is 77.9 Å². The predicted molar refractivity (Wildman–Crippen MR) is 151 cm³/mol. The van der Waals surface area contributed by atoms with Gasteiger partial charge in [-0.3, -0.25) is 14.4 Å². The first-order valence-corrected chi connectivity index (χ1v) is 13.0. The van der Waals surface area contributed by atoms with Crippen LogP contribution in [-0.4, -0.2) is 43.2 Å². The quantitative estimate of drug-likeness (QED) is 0.531. The van der Waals surface area contributed by atoms with E-state index in [9.17, 15) is 19.5 Å². The average molecular weight is 509 g/mol. The molecule has 6 heteroatoms. The Hall–Kier alpha value is -3.77. The summed E-state index contributed by atoms with van der Waals surface area (Å²) in [7, 11) is 3.93. The highest BCUT2D eigenvalue weighted by atomic mass is 16.3. The number of carbonyl (C=O) groups excluding carboxylic acids is 1. The van der Waals surface area contributed by atoms with Gasteiger partial charge < -0.3 is 14.9 Å². The van der Waals surface area contributed by atoms with E-state index < -0.39 is 22.7 Å². The molecule has 38 heavy (non-hydrogen) atoms. The lowest BCUT2D eigenvalue weighted by molar-refractivity contribution is -0.114. The standard InChI is InChI=1S/C32H32N2O4/c1-31(2)19-11-7-9-13-21(19)33(5)23(31)15-17-27(35)25(28(17)36)26-29(37)18(30(26)38)16-24-32(3,4)20-12-8-10-14-22(20)34(24)6/h7-16,23-24,27,35H,1-6H3. The SMILES string of the molecule is CN1c2ccccc2C(C)(C)C1C=C1C(=O)C(=c2c(=O)c(=CC3N(C)c4ccccc4C3(C)C)c2=O)C1O. The van der Waals surface area contributed by atoms with Gasteiger partial charge in [-0.2, -0.15) is 0 Å².